The van der Waals surface area contributed by atoms with Crippen LogP contribution in [0.2, 0.25) is 10.0 Å². The van der Waals surface area contributed by atoms with Crippen molar-refractivity contribution in [3.63, 3.8) is 0 Å². The minimum atomic E-state index is 0.662. The van der Waals surface area contributed by atoms with E-state index in [-0.39, 0.29) is 0 Å². The number of hydrogen-bond acceptors (Lipinski definition) is 2. The summed E-state index contributed by atoms with van der Waals surface area (Å²) in [5.41, 5.74) is 2.21. The molecule has 0 fully saturated rings. The van der Waals surface area contributed by atoms with E-state index in [0.717, 1.165) is 24.3 Å². The van der Waals surface area contributed by atoms with Crippen molar-refractivity contribution in [2.75, 3.05) is 0 Å². The maximum Gasteiger partial charge on any atom is 0.0518 e. The van der Waals surface area contributed by atoms with Crippen LogP contribution in [0, 0.1) is 0 Å². The van der Waals surface area contributed by atoms with Gasteiger partial charge in [0, 0.05) is 36.4 Å². The summed E-state index contributed by atoms with van der Waals surface area (Å²) in [6.07, 6.45) is 1.78. The highest BCUT2D eigenvalue weighted by Crippen LogP contribution is 2.18. The van der Waals surface area contributed by atoms with Crippen LogP contribution in [0.5, 0.6) is 0 Å². The van der Waals surface area contributed by atoms with E-state index in [0.29, 0.717) is 10.0 Å². The lowest BCUT2D eigenvalue weighted by molar-refractivity contribution is 0.626. The molecule has 1 aromatic heterocycles. The lowest BCUT2D eigenvalue weighted by Gasteiger charge is -2.06. The van der Waals surface area contributed by atoms with Gasteiger partial charge in [0.05, 0.1) is 5.69 Å². The van der Waals surface area contributed by atoms with Crippen LogP contribution in [0.1, 0.15) is 11.3 Å². The fraction of sp³-hybridized carbons (Fsp3) is 0.250. The third kappa shape index (κ3) is 3.46. The second kappa shape index (κ2) is 5.54. The maximum absolute atomic E-state index is 5.93. The summed E-state index contributed by atoms with van der Waals surface area (Å²) < 4.78 is 1.85. The van der Waals surface area contributed by atoms with Crippen LogP contribution in [0.3, 0.4) is 0 Å². The van der Waals surface area contributed by atoms with Gasteiger partial charge in [-0.15, -0.1) is 0 Å². The molecule has 2 aromatic rings. The van der Waals surface area contributed by atoms with E-state index >= 15 is 0 Å². The second-order valence-electron chi connectivity index (χ2n) is 3.83. The van der Waals surface area contributed by atoms with Crippen LogP contribution in [0.15, 0.2) is 30.5 Å². The lowest BCUT2D eigenvalue weighted by Crippen LogP contribution is -2.15. The molecule has 0 atom stereocenters. The summed E-state index contributed by atoms with van der Waals surface area (Å²) in [5, 5.41) is 8.75. The van der Waals surface area contributed by atoms with Crippen molar-refractivity contribution in [3.05, 3.63) is 51.8 Å². The molecule has 0 amide bonds. The molecule has 0 radical (unpaired) electrons. The Kier molecular flexibility index (Phi) is 4.05. The summed E-state index contributed by atoms with van der Waals surface area (Å²) in [5.74, 6) is 0. The first-order chi connectivity index (χ1) is 8.15. The first-order valence-electron chi connectivity index (χ1n) is 5.28. The first-order valence-corrected chi connectivity index (χ1v) is 6.03. The van der Waals surface area contributed by atoms with Gasteiger partial charge in [-0.1, -0.05) is 23.2 Å². The molecule has 1 N–H and O–H groups in total. The van der Waals surface area contributed by atoms with Gasteiger partial charge in [0.25, 0.3) is 0 Å². The van der Waals surface area contributed by atoms with Gasteiger partial charge < -0.3 is 5.32 Å². The number of aromatic nitrogens is 2. The Labute approximate surface area is 110 Å². The fourth-order valence-electron chi connectivity index (χ4n) is 1.62. The zero-order chi connectivity index (χ0) is 12.3. The maximum atomic E-state index is 5.93. The highest BCUT2D eigenvalue weighted by molar-refractivity contribution is 6.34. The van der Waals surface area contributed by atoms with Gasteiger partial charge in [0.2, 0.25) is 0 Å². The molecule has 2 rings (SSSR count). The van der Waals surface area contributed by atoms with Gasteiger partial charge >= 0.3 is 0 Å². The van der Waals surface area contributed by atoms with E-state index in [1.165, 1.54) is 0 Å². The third-order valence-electron chi connectivity index (χ3n) is 2.48. The zero-order valence-electron chi connectivity index (χ0n) is 9.45. The summed E-state index contributed by atoms with van der Waals surface area (Å²) in [6.45, 7) is 1.49. The molecular weight excluding hydrogens is 257 g/mol. The molecular formula is C12H13Cl2N3. The van der Waals surface area contributed by atoms with Gasteiger partial charge in [-0.25, -0.2) is 0 Å². The van der Waals surface area contributed by atoms with E-state index in [1.54, 1.807) is 12.3 Å². The Hall–Kier alpha value is -1.03. The average molecular weight is 270 g/mol. The molecule has 0 aliphatic carbocycles. The molecule has 90 valence electrons. The molecule has 0 spiro atoms. The van der Waals surface area contributed by atoms with Crippen molar-refractivity contribution >= 4 is 23.2 Å². The van der Waals surface area contributed by atoms with Crippen molar-refractivity contribution in [3.8, 4) is 0 Å². The fourth-order valence-corrected chi connectivity index (χ4v) is 2.19. The summed E-state index contributed by atoms with van der Waals surface area (Å²) in [7, 11) is 1.92. The molecule has 0 aliphatic heterocycles. The minimum Gasteiger partial charge on any atom is -0.307 e. The van der Waals surface area contributed by atoms with Crippen LogP contribution in [-0.4, -0.2) is 9.78 Å². The number of benzene rings is 1. The smallest absolute Gasteiger partial charge is 0.0518 e. The number of halogens is 2. The highest BCUT2D eigenvalue weighted by atomic mass is 35.5. The van der Waals surface area contributed by atoms with Gasteiger partial charge in [-0.3, -0.25) is 4.68 Å². The van der Waals surface area contributed by atoms with Crippen molar-refractivity contribution in [2.45, 2.75) is 13.1 Å². The van der Waals surface area contributed by atoms with Gasteiger partial charge in [-0.05, 0) is 29.8 Å². The SMILES string of the molecule is Cn1nccc1CNCc1cc(Cl)cc(Cl)c1. The standard InChI is InChI=1S/C12H13Cl2N3/c1-17-12(2-3-16-17)8-15-7-9-4-10(13)6-11(14)5-9/h2-6,15H,7-8H2,1H3. The molecule has 0 bridgehead atoms. The lowest BCUT2D eigenvalue weighted by atomic mass is 10.2. The Morgan fingerprint density at radius 1 is 1.18 bits per heavy atom. The Bertz CT molecular complexity index is 488. The molecule has 0 unspecified atom stereocenters. The predicted molar refractivity (Wildman–Crippen MR) is 70.2 cm³/mol. The van der Waals surface area contributed by atoms with Crippen molar-refractivity contribution in [1.82, 2.24) is 15.1 Å². The number of aryl methyl sites for hydroxylation is 1. The molecule has 0 saturated heterocycles. The summed E-state index contributed by atoms with van der Waals surface area (Å²) in [6, 6.07) is 7.53. The van der Waals surface area contributed by atoms with Crippen molar-refractivity contribution < 1.29 is 0 Å². The normalized spacial score (nSPS) is 10.8. The van der Waals surface area contributed by atoms with E-state index in [1.807, 2.05) is 29.9 Å². The largest absolute Gasteiger partial charge is 0.307 e. The molecule has 5 heteroatoms. The summed E-state index contributed by atoms with van der Waals surface area (Å²) >= 11 is 11.9. The van der Waals surface area contributed by atoms with E-state index < -0.39 is 0 Å². The van der Waals surface area contributed by atoms with Gasteiger partial charge in [-0.2, -0.15) is 5.10 Å². The number of hydrogen-bond donors (Lipinski definition) is 1. The average Bonchev–Trinajstić information content (AvgIpc) is 2.63. The van der Waals surface area contributed by atoms with E-state index in [9.17, 15) is 0 Å². The highest BCUT2D eigenvalue weighted by Gasteiger charge is 2.00. The van der Waals surface area contributed by atoms with E-state index in [2.05, 4.69) is 10.4 Å². The molecule has 0 aliphatic rings. The van der Waals surface area contributed by atoms with Crippen LogP contribution < -0.4 is 5.32 Å². The quantitative estimate of drug-likeness (QED) is 0.925. The van der Waals surface area contributed by atoms with Crippen molar-refractivity contribution in [2.24, 2.45) is 7.05 Å². The molecule has 0 saturated carbocycles. The predicted octanol–water partition coefficient (Wildman–Crippen LogP) is 3.02. The Morgan fingerprint density at radius 2 is 1.88 bits per heavy atom. The van der Waals surface area contributed by atoms with Gasteiger partial charge in [0.1, 0.15) is 0 Å². The molecule has 17 heavy (non-hydrogen) atoms. The molecule has 1 aromatic carbocycles. The minimum absolute atomic E-state index is 0.662. The number of nitrogens with one attached hydrogen (secondary N) is 1. The van der Waals surface area contributed by atoms with E-state index in [4.69, 9.17) is 23.2 Å². The van der Waals surface area contributed by atoms with Crippen LogP contribution in [-0.2, 0) is 20.1 Å². The van der Waals surface area contributed by atoms with Crippen molar-refractivity contribution in [1.29, 1.82) is 0 Å². The Morgan fingerprint density at radius 3 is 2.47 bits per heavy atom. The third-order valence-corrected chi connectivity index (χ3v) is 2.92. The zero-order valence-corrected chi connectivity index (χ0v) is 11.0. The first kappa shape index (κ1) is 12.4. The van der Waals surface area contributed by atoms with Crippen LogP contribution in [0.25, 0.3) is 0 Å². The Balaban J connectivity index is 1.92. The van der Waals surface area contributed by atoms with Gasteiger partial charge in [0.15, 0.2) is 0 Å². The molecule has 1 heterocycles. The van der Waals surface area contributed by atoms with Crippen LogP contribution in [0.4, 0.5) is 0 Å². The summed E-state index contributed by atoms with van der Waals surface area (Å²) in [4.78, 5) is 0. The number of rotatable bonds is 4. The topological polar surface area (TPSA) is 29.9 Å². The number of nitrogens with zero attached hydrogens (tertiary/aromatic N) is 2. The second-order valence-corrected chi connectivity index (χ2v) is 4.70. The molecule has 3 nitrogen and oxygen atoms in total. The monoisotopic (exact) mass is 269 g/mol. The van der Waals surface area contributed by atoms with Crippen LogP contribution >= 0.6 is 23.2 Å².